The van der Waals surface area contributed by atoms with Gasteiger partial charge >= 0.3 is 11.9 Å². The summed E-state index contributed by atoms with van der Waals surface area (Å²) in [5.74, 6) is -5.57. The molecule has 6 heteroatoms. The average molecular weight is 124 g/mol. The van der Waals surface area contributed by atoms with E-state index in [2.05, 4.69) is 4.89 Å². The van der Waals surface area contributed by atoms with E-state index in [1.165, 1.54) is 0 Å². The molecule has 48 valence electrons. The SMILES string of the molecule is O=C(O)C(O)(O)OO. The molecule has 0 amide bonds. The summed E-state index contributed by atoms with van der Waals surface area (Å²) in [5.41, 5.74) is 0. The first-order valence-electron chi connectivity index (χ1n) is 1.51. The van der Waals surface area contributed by atoms with Gasteiger partial charge in [0.1, 0.15) is 0 Å². The molecule has 0 unspecified atom stereocenters. The van der Waals surface area contributed by atoms with Crippen LogP contribution in [-0.2, 0) is 9.68 Å². The van der Waals surface area contributed by atoms with E-state index in [0.717, 1.165) is 0 Å². The van der Waals surface area contributed by atoms with Gasteiger partial charge in [0, 0.05) is 0 Å². The first-order chi connectivity index (χ1) is 3.50. The van der Waals surface area contributed by atoms with Crippen LogP contribution in [0.3, 0.4) is 0 Å². The van der Waals surface area contributed by atoms with Crippen LogP contribution in [0.15, 0.2) is 0 Å². The lowest BCUT2D eigenvalue weighted by molar-refractivity contribution is -0.450. The van der Waals surface area contributed by atoms with Crippen molar-refractivity contribution >= 4 is 5.97 Å². The van der Waals surface area contributed by atoms with Gasteiger partial charge in [-0.2, -0.15) is 4.89 Å². The molecule has 0 rings (SSSR count). The maximum Gasteiger partial charge on any atom is 0.408 e. The smallest absolute Gasteiger partial charge is 0.408 e. The molecular formula is C2H4O6. The van der Waals surface area contributed by atoms with E-state index in [0.29, 0.717) is 0 Å². The van der Waals surface area contributed by atoms with E-state index in [1.54, 1.807) is 0 Å². The lowest BCUT2D eigenvalue weighted by Crippen LogP contribution is -2.40. The van der Waals surface area contributed by atoms with Crippen molar-refractivity contribution in [2.75, 3.05) is 0 Å². The summed E-state index contributed by atoms with van der Waals surface area (Å²) >= 11 is 0. The van der Waals surface area contributed by atoms with Crippen LogP contribution in [0.1, 0.15) is 0 Å². The Morgan fingerprint density at radius 1 is 1.50 bits per heavy atom. The van der Waals surface area contributed by atoms with Crippen molar-refractivity contribution in [1.29, 1.82) is 0 Å². The Hall–Kier alpha value is -0.690. The van der Waals surface area contributed by atoms with Gasteiger partial charge in [0.05, 0.1) is 0 Å². The normalized spacial score (nSPS) is 11.4. The zero-order valence-corrected chi connectivity index (χ0v) is 3.61. The van der Waals surface area contributed by atoms with Crippen molar-refractivity contribution in [3.63, 3.8) is 0 Å². The summed E-state index contributed by atoms with van der Waals surface area (Å²) in [6, 6.07) is 0. The number of carbonyl (C=O) groups is 1. The van der Waals surface area contributed by atoms with Crippen LogP contribution >= 0.6 is 0 Å². The van der Waals surface area contributed by atoms with Crippen LogP contribution in [0.2, 0.25) is 0 Å². The molecule has 0 bridgehead atoms. The molecule has 0 atom stereocenters. The fourth-order valence-electron chi connectivity index (χ4n) is 0.0390. The van der Waals surface area contributed by atoms with Gasteiger partial charge < -0.3 is 15.3 Å². The fraction of sp³-hybridized carbons (Fsp3) is 0.500. The fourth-order valence-corrected chi connectivity index (χ4v) is 0.0390. The third-order valence-corrected chi connectivity index (χ3v) is 0.406. The van der Waals surface area contributed by atoms with E-state index in [-0.39, 0.29) is 0 Å². The molecule has 8 heavy (non-hydrogen) atoms. The molecule has 0 aromatic carbocycles. The Labute approximate surface area is 43.5 Å². The van der Waals surface area contributed by atoms with Gasteiger partial charge in [0.2, 0.25) is 0 Å². The van der Waals surface area contributed by atoms with Crippen LogP contribution in [0.25, 0.3) is 0 Å². The van der Waals surface area contributed by atoms with Crippen molar-refractivity contribution in [2.24, 2.45) is 0 Å². The van der Waals surface area contributed by atoms with Gasteiger partial charge in [-0.05, 0) is 0 Å². The number of hydrogen-bond acceptors (Lipinski definition) is 5. The monoisotopic (exact) mass is 124 g/mol. The predicted molar refractivity (Wildman–Crippen MR) is 18.5 cm³/mol. The second-order valence-corrected chi connectivity index (χ2v) is 1.00. The third-order valence-electron chi connectivity index (χ3n) is 0.406. The van der Waals surface area contributed by atoms with E-state index in [9.17, 15) is 4.79 Å². The maximum atomic E-state index is 9.47. The molecule has 0 aliphatic heterocycles. The number of carboxylic acid groups (broad SMARTS) is 1. The van der Waals surface area contributed by atoms with Crippen molar-refractivity contribution < 1.29 is 30.3 Å². The minimum atomic E-state index is -3.49. The molecule has 0 radical (unpaired) electrons. The molecule has 0 heterocycles. The molecule has 0 aromatic heterocycles. The number of aliphatic hydroxyl groups is 2. The molecule has 0 spiro atoms. The quantitative estimate of drug-likeness (QED) is 0.196. The average Bonchev–Trinajstić information content (AvgIpc) is 1.67. The first-order valence-corrected chi connectivity index (χ1v) is 1.51. The van der Waals surface area contributed by atoms with Crippen molar-refractivity contribution in [1.82, 2.24) is 0 Å². The van der Waals surface area contributed by atoms with Crippen LogP contribution in [0.5, 0.6) is 0 Å². The third kappa shape index (κ3) is 1.43. The zero-order valence-electron chi connectivity index (χ0n) is 3.61. The highest BCUT2D eigenvalue weighted by Gasteiger charge is 2.35. The van der Waals surface area contributed by atoms with Gasteiger partial charge in [-0.15, -0.1) is 0 Å². The molecule has 0 saturated heterocycles. The van der Waals surface area contributed by atoms with Gasteiger partial charge in [-0.1, -0.05) is 0 Å². The number of hydrogen-bond donors (Lipinski definition) is 4. The first kappa shape index (κ1) is 7.31. The Balaban J connectivity index is 3.91. The van der Waals surface area contributed by atoms with Gasteiger partial charge in [0.15, 0.2) is 0 Å². The Kier molecular flexibility index (Phi) is 1.88. The predicted octanol–water partition coefficient (Wildman–Crippen LogP) is -1.80. The highest BCUT2D eigenvalue weighted by molar-refractivity contribution is 5.72. The summed E-state index contributed by atoms with van der Waals surface area (Å²) < 4.78 is 0. The van der Waals surface area contributed by atoms with E-state index in [1.807, 2.05) is 0 Å². The summed E-state index contributed by atoms with van der Waals surface area (Å²) in [6.07, 6.45) is 0. The number of rotatable bonds is 2. The lowest BCUT2D eigenvalue weighted by Gasteiger charge is -2.08. The largest absolute Gasteiger partial charge is 0.475 e. The van der Waals surface area contributed by atoms with E-state index < -0.39 is 11.9 Å². The Bertz CT molecular complexity index is 94.7. The van der Waals surface area contributed by atoms with Crippen LogP contribution in [0.4, 0.5) is 0 Å². The van der Waals surface area contributed by atoms with Gasteiger partial charge in [0.25, 0.3) is 0 Å². The molecule has 4 N–H and O–H groups in total. The highest BCUT2D eigenvalue weighted by Crippen LogP contribution is 1.96. The zero-order chi connectivity index (χ0) is 6.78. The topological polar surface area (TPSA) is 107 Å². The Morgan fingerprint density at radius 2 is 1.88 bits per heavy atom. The van der Waals surface area contributed by atoms with Crippen LogP contribution in [-0.4, -0.2) is 32.5 Å². The summed E-state index contributed by atoms with van der Waals surface area (Å²) in [7, 11) is 0. The van der Waals surface area contributed by atoms with Gasteiger partial charge in [-0.3, -0.25) is 0 Å². The number of aliphatic carboxylic acids is 1. The lowest BCUT2D eigenvalue weighted by atomic mass is 10.6. The Morgan fingerprint density at radius 3 is 1.88 bits per heavy atom. The molecule has 0 aliphatic rings. The van der Waals surface area contributed by atoms with Crippen molar-refractivity contribution in [2.45, 2.75) is 5.97 Å². The highest BCUT2D eigenvalue weighted by atomic mass is 17.2. The van der Waals surface area contributed by atoms with Crippen molar-refractivity contribution in [3.05, 3.63) is 0 Å². The summed E-state index contributed by atoms with van der Waals surface area (Å²) in [5, 5.41) is 30.8. The molecular weight excluding hydrogens is 120 g/mol. The van der Waals surface area contributed by atoms with E-state index >= 15 is 0 Å². The maximum absolute atomic E-state index is 9.47. The second-order valence-electron chi connectivity index (χ2n) is 1.00. The number of carboxylic acids is 1. The minimum absolute atomic E-state index is 2.08. The molecule has 6 nitrogen and oxygen atoms in total. The standard InChI is InChI=1S/C2H4O6/c3-1(4)2(5,6)8-7/h5-7H,(H,3,4). The van der Waals surface area contributed by atoms with Crippen LogP contribution in [0, 0.1) is 0 Å². The molecule has 0 aromatic rings. The molecule has 0 aliphatic carbocycles. The van der Waals surface area contributed by atoms with Crippen LogP contribution < -0.4 is 0 Å². The van der Waals surface area contributed by atoms with E-state index in [4.69, 9.17) is 20.6 Å². The molecule has 0 fully saturated rings. The second kappa shape index (κ2) is 2.05. The van der Waals surface area contributed by atoms with Crippen molar-refractivity contribution in [3.8, 4) is 0 Å². The summed E-state index contributed by atoms with van der Waals surface area (Å²) in [4.78, 5) is 12.2. The minimum Gasteiger partial charge on any atom is -0.475 e. The van der Waals surface area contributed by atoms with Gasteiger partial charge in [-0.25, -0.2) is 10.1 Å². The molecule has 0 saturated carbocycles. The summed E-state index contributed by atoms with van der Waals surface area (Å²) in [6.45, 7) is 0.